The molecule has 2 N–H and O–H groups in total. The predicted molar refractivity (Wildman–Crippen MR) is 52.4 cm³/mol. The molecule has 0 aromatic carbocycles. The first-order chi connectivity index (χ1) is 6.63. The second-order valence-electron chi connectivity index (χ2n) is 4.30. The summed E-state index contributed by atoms with van der Waals surface area (Å²) in [7, 11) is 0. The normalized spacial score (nSPS) is 47.4. The van der Waals surface area contributed by atoms with Gasteiger partial charge in [0.15, 0.2) is 0 Å². The van der Waals surface area contributed by atoms with Crippen LogP contribution in [0.3, 0.4) is 0 Å². The van der Waals surface area contributed by atoms with E-state index in [2.05, 4.69) is 4.99 Å². The SMILES string of the molecule is CC1=NC2[C@@H](O)[C@H](C)C(CO)O[C@@H]2C1. The highest BCUT2D eigenvalue weighted by atomic mass is 16.5. The van der Waals surface area contributed by atoms with Gasteiger partial charge in [0, 0.05) is 18.1 Å². The molecular formula is C10H17NO3. The summed E-state index contributed by atoms with van der Waals surface area (Å²) in [5.41, 5.74) is 1.03. The molecule has 2 unspecified atom stereocenters. The maximum Gasteiger partial charge on any atom is 0.103 e. The van der Waals surface area contributed by atoms with Crippen LogP contribution in [0.1, 0.15) is 20.3 Å². The third-order valence-electron chi connectivity index (χ3n) is 3.25. The van der Waals surface area contributed by atoms with Gasteiger partial charge in [-0.2, -0.15) is 0 Å². The lowest BCUT2D eigenvalue weighted by Gasteiger charge is -2.39. The van der Waals surface area contributed by atoms with Crippen molar-refractivity contribution in [2.45, 2.75) is 44.6 Å². The van der Waals surface area contributed by atoms with Crippen LogP contribution < -0.4 is 0 Å². The van der Waals surface area contributed by atoms with Gasteiger partial charge in [0.2, 0.25) is 0 Å². The summed E-state index contributed by atoms with van der Waals surface area (Å²) in [6.45, 7) is 3.82. The fraction of sp³-hybridized carbons (Fsp3) is 0.900. The van der Waals surface area contributed by atoms with Gasteiger partial charge in [-0.15, -0.1) is 0 Å². The van der Waals surface area contributed by atoms with E-state index < -0.39 is 6.10 Å². The number of aliphatic imine (C=N–C) groups is 1. The highest BCUT2D eigenvalue weighted by molar-refractivity contribution is 5.84. The molecule has 0 radical (unpaired) electrons. The van der Waals surface area contributed by atoms with Crippen LogP contribution in [-0.2, 0) is 4.74 Å². The lowest BCUT2D eigenvalue weighted by molar-refractivity contribution is -0.148. The molecule has 0 aromatic heterocycles. The quantitative estimate of drug-likeness (QED) is 0.623. The maximum atomic E-state index is 9.97. The molecule has 1 fully saturated rings. The Morgan fingerprint density at radius 3 is 2.93 bits per heavy atom. The third-order valence-corrected chi connectivity index (χ3v) is 3.25. The van der Waals surface area contributed by atoms with Crippen LogP contribution in [-0.4, -0.2) is 46.9 Å². The highest BCUT2D eigenvalue weighted by Gasteiger charge is 2.44. The van der Waals surface area contributed by atoms with E-state index in [1.165, 1.54) is 0 Å². The highest BCUT2D eigenvalue weighted by Crippen LogP contribution is 2.32. The van der Waals surface area contributed by atoms with Crippen molar-refractivity contribution in [1.82, 2.24) is 0 Å². The summed E-state index contributed by atoms with van der Waals surface area (Å²) < 4.78 is 5.69. The van der Waals surface area contributed by atoms with Gasteiger partial charge in [0.1, 0.15) is 6.04 Å². The minimum Gasteiger partial charge on any atom is -0.394 e. The van der Waals surface area contributed by atoms with Crippen LogP contribution in [0, 0.1) is 5.92 Å². The van der Waals surface area contributed by atoms with E-state index in [0.717, 1.165) is 12.1 Å². The minimum atomic E-state index is -0.483. The minimum absolute atomic E-state index is 0.0273. The zero-order chi connectivity index (χ0) is 10.3. The Labute approximate surface area is 83.6 Å². The molecule has 2 rings (SSSR count). The van der Waals surface area contributed by atoms with Gasteiger partial charge in [-0.05, 0) is 6.92 Å². The summed E-state index contributed by atoms with van der Waals surface area (Å²) >= 11 is 0. The lowest BCUT2D eigenvalue weighted by atomic mass is 9.87. The Kier molecular flexibility index (Phi) is 2.60. The monoisotopic (exact) mass is 199 g/mol. The van der Waals surface area contributed by atoms with Gasteiger partial charge < -0.3 is 14.9 Å². The topological polar surface area (TPSA) is 62.1 Å². The summed E-state index contributed by atoms with van der Waals surface area (Å²) in [5.74, 6) is -0.0455. The van der Waals surface area contributed by atoms with Crippen molar-refractivity contribution in [3.8, 4) is 0 Å². The zero-order valence-corrected chi connectivity index (χ0v) is 8.55. The molecule has 0 spiro atoms. The molecule has 4 nitrogen and oxygen atoms in total. The fourth-order valence-corrected chi connectivity index (χ4v) is 2.32. The second kappa shape index (κ2) is 3.61. The molecule has 5 atom stereocenters. The van der Waals surface area contributed by atoms with Gasteiger partial charge in [-0.1, -0.05) is 6.92 Å². The molecule has 2 aliphatic heterocycles. The zero-order valence-electron chi connectivity index (χ0n) is 8.55. The Balaban J connectivity index is 2.14. The summed E-state index contributed by atoms with van der Waals surface area (Å²) in [5, 5.41) is 19.1. The molecule has 4 heteroatoms. The van der Waals surface area contributed by atoms with E-state index >= 15 is 0 Å². The number of hydrogen-bond acceptors (Lipinski definition) is 4. The Bertz CT molecular complexity index is 254. The smallest absolute Gasteiger partial charge is 0.103 e. The molecular weight excluding hydrogens is 182 g/mol. The molecule has 0 bridgehead atoms. The average Bonchev–Trinajstić information content (AvgIpc) is 2.52. The van der Waals surface area contributed by atoms with E-state index in [1.54, 1.807) is 0 Å². The summed E-state index contributed by atoms with van der Waals surface area (Å²) in [6.07, 6.45) is 0.0272. The second-order valence-corrected chi connectivity index (χ2v) is 4.30. The number of ether oxygens (including phenoxy) is 1. The van der Waals surface area contributed by atoms with Gasteiger partial charge in [0.25, 0.3) is 0 Å². The van der Waals surface area contributed by atoms with Crippen LogP contribution in [0.4, 0.5) is 0 Å². The molecule has 1 saturated heterocycles. The van der Waals surface area contributed by atoms with Crippen LogP contribution in [0.15, 0.2) is 4.99 Å². The predicted octanol–water partition coefficient (Wildman–Crippen LogP) is -0.0237. The van der Waals surface area contributed by atoms with Crippen molar-refractivity contribution in [3.05, 3.63) is 0 Å². The number of aliphatic hydroxyl groups excluding tert-OH is 2. The Morgan fingerprint density at radius 2 is 2.29 bits per heavy atom. The molecule has 0 saturated carbocycles. The van der Waals surface area contributed by atoms with Crippen LogP contribution in [0.25, 0.3) is 0 Å². The largest absolute Gasteiger partial charge is 0.394 e. The maximum absolute atomic E-state index is 9.97. The Hall–Kier alpha value is -0.450. The third kappa shape index (κ3) is 1.47. The van der Waals surface area contributed by atoms with E-state index in [0.29, 0.717) is 0 Å². The molecule has 0 aliphatic carbocycles. The molecule has 0 amide bonds. The van der Waals surface area contributed by atoms with Gasteiger partial charge in [-0.3, -0.25) is 4.99 Å². The Morgan fingerprint density at radius 1 is 1.57 bits per heavy atom. The number of nitrogens with zero attached hydrogens (tertiary/aromatic N) is 1. The van der Waals surface area contributed by atoms with Crippen LogP contribution in [0.2, 0.25) is 0 Å². The first-order valence-electron chi connectivity index (χ1n) is 5.11. The van der Waals surface area contributed by atoms with E-state index in [4.69, 9.17) is 9.84 Å². The summed E-state index contributed by atoms with van der Waals surface area (Å²) in [6, 6.07) is -0.118. The van der Waals surface area contributed by atoms with E-state index in [1.807, 2.05) is 13.8 Å². The van der Waals surface area contributed by atoms with E-state index in [-0.39, 0.29) is 30.8 Å². The molecule has 2 aliphatic rings. The van der Waals surface area contributed by atoms with Gasteiger partial charge in [-0.25, -0.2) is 0 Å². The fourth-order valence-electron chi connectivity index (χ4n) is 2.32. The number of fused-ring (bicyclic) bond motifs is 1. The molecule has 80 valence electrons. The van der Waals surface area contributed by atoms with Gasteiger partial charge in [0.05, 0.1) is 24.9 Å². The molecule has 0 aromatic rings. The molecule has 2 heterocycles. The van der Waals surface area contributed by atoms with Crippen molar-refractivity contribution in [3.63, 3.8) is 0 Å². The van der Waals surface area contributed by atoms with Crippen molar-refractivity contribution in [1.29, 1.82) is 0 Å². The van der Waals surface area contributed by atoms with Crippen LogP contribution in [0.5, 0.6) is 0 Å². The average molecular weight is 199 g/mol. The first-order valence-corrected chi connectivity index (χ1v) is 5.11. The van der Waals surface area contributed by atoms with Crippen molar-refractivity contribution in [2.75, 3.05) is 6.61 Å². The van der Waals surface area contributed by atoms with Crippen molar-refractivity contribution >= 4 is 5.71 Å². The first kappa shape index (κ1) is 10.1. The standard InChI is InChI=1S/C10H17NO3/c1-5-3-7-9(11-5)10(13)6(2)8(4-12)14-7/h6-10,12-13H,3-4H2,1-2H3/t6-,7-,8?,9?,10+/m1/s1. The number of hydrogen-bond donors (Lipinski definition) is 2. The van der Waals surface area contributed by atoms with Crippen molar-refractivity contribution < 1.29 is 14.9 Å². The lowest BCUT2D eigenvalue weighted by Crippen LogP contribution is -2.52. The van der Waals surface area contributed by atoms with E-state index in [9.17, 15) is 5.11 Å². The number of rotatable bonds is 1. The molecule has 14 heavy (non-hydrogen) atoms. The summed E-state index contributed by atoms with van der Waals surface area (Å²) in [4.78, 5) is 4.37. The number of aliphatic hydroxyl groups is 2. The van der Waals surface area contributed by atoms with Gasteiger partial charge >= 0.3 is 0 Å². The van der Waals surface area contributed by atoms with Crippen LogP contribution >= 0.6 is 0 Å². The van der Waals surface area contributed by atoms with Crippen molar-refractivity contribution in [2.24, 2.45) is 10.9 Å².